The Balaban J connectivity index is 1.20. The third-order valence-electron chi connectivity index (χ3n) is 6.97. The van der Waals surface area contributed by atoms with Crippen molar-refractivity contribution in [1.82, 2.24) is 40.2 Å². The summed E-state index contributed by atoms with van der Waals surface area (Å²) in [4.78, 5) is 29.3. The van der Waals surface area contributed by atoms with E-state index in [2.05, 4.69) is 47.7 Å². The van der Waals surface area contributed by atoms with Crippen molar-refractivity contribution in [2.24, 2.45) is 5.41 Å². The van der Waals surface area contributed by atoms with E-state index in [1.807, 2.05) is 50.4 Å². The highest BCUT2D eigenvalue weighted by Crippen LogP contribution is 2.36. The minimum atomic E-state index is -0.406. The number of piperidine rings is 1. The second-order valence-corrected chi connectivity index (χ2v) is 9.53. The van der Waals surface area contributed by atoms with Crippen molar-refractivity contribution in [3.8, 4) is 5.82 Å². The van der Waals surface area contributed by atoms with Gasteiger partial charge in [-0.25, -0.2) is 14.6 Å². The summed E-state index contributed by atoms with van der Waals surface area (Å²) in [5.41, 5.74) is 2.39. The molecule has 0 aromatic carbocycles. The Morgan fingerprint density at radius 3 is 2.62 bits per heavy atom. The Morgan fingerprint density at radius 1 is 1.14 bits per heavy atom. The maximum Gasteiger partial charge on any atom is 0.227 e. The Labute approximate surface area is 215 Å². The fourth-order valence-corrected chi connectivity index (χ4v) is 4.68. The van der Waals surface area contributed by atoms with Gasteiger partial charge in [-0.2, -0.15) is 15.2 Å². The number of hydrogen-bond donors (Lipinski definition) is 3. The number of carbonyl (C=O) groups is 1. The van der Waals surface area contributed by atoms with E-state index in [-0.39, 0.29) is 5.91 Å². The van der Waals surface area contributed by atoms with Crippen LogP contribution in [0.15, 0.2) is 48.9 Å². The zero-order valence-electron chi connectivity index (χ0n) is 21.4. The molecule has 5 heterocycles. The second-order valence-electron chi connectivity index (χ2n) is 9.53. The van der Waals surface area contributed by atoms with Gasteiger partial charge in [0.05, 0.1) is 5.41 Å². The van der Waals surface area contributed by atoms with Gasteiger partial charge in [-0.05, 0) is 50.8 Å². The lowest BCUT2D eigenvalue weighted by atomic mass is 9.75. The fourth-order valence-electron chi connectivity index (χ4n) is 4.68. The number of rotatable bonds is 8. The zero-order valence-corrected chi connectivity index (χ0v) is 21.4. The van der Waals surface area contributed by atoms with E-state index in [0.29, 0.717) is 37.2 Å². The van der Waals surface area contributed by atoms with Crippen LogP contribution in [0.25, 0.3) is 5.82 Å². The van der Waals surface area contributed by atoms with Crippen LogP contribution in [-0.2, 0) is 11.3 Å². The summed E-state index contributed by atoms with van der Waals surface area (Å²) in [7, 11) is 0. The first-order valence-corrected chi connectivity index (χ1v) is 12.6. The van der Waals surface area contributed by atoms with Crippen LogP contribution >= 0.6 is 0 Å². The van der Waals surface area contributed by atoms with Crippen molar-refractivity contribution in [2.45, 2.75) is 46.6 Å². The van der Waals surface area contributed by atoms with Gasteiger partial charge in [-0.15, -0.1) is 0 Å². The maximum absolute atomic E-state index is 13.3. The van der Waals surface area contributed by atoms with Gasteiger partial charge in [0.15, 0.2) is 11.6 Å². The van der Waals surface area contributed by atoms with Crippen LogP contribution in [0.4, 0.5) is 17.6 Å². The average Bonchev–Trinajstić information content (AvgIpc) is 3.59. The van der Waals surface area contributed by atoms with E-state index < -0.39 is 5.41 Å². The highest BCUT2D eigenvalue weighted by atomic mass is 16.2. The molecular weight excluding hydrogens is 468 g/mol. The average molecular weight is 501 g/mol. The highest BCUT2D eigenvalue weighted by molar-refractivity contribution is 5.83. The van der Waals surface area contributed by atoms with Crippen molar-refractivity contribution >= 4 is 23.5 Å². The molecule has 0 bridgehead atoms. The molecule has 1 aliphatic heterocycles. The molecule has 0 unspecified atom stereocenters. The lowest BCUT2D eigenvalue weighted by Gasteiger charge is -2.40. The molecule has 4 aromatic heterocycles. The largest absolute Gasteiger partial charge is 0.351 e. The number of carbonyl (C=O) groups excluding carboxylic acids is 1. The van der Waals surface area contributed by atoms with Crippen LogP contribution in [0.1, 0.15) is 43.1 Å². The Morgan fingerprint density at radius 2 is 1.97 bits per heavy atom. The summed E-state index contributed by atoms with van der Waals surface area (Å²) in [6.07, 6.45) is 7.61. The standard InChI is InChI=1S/C26H32N10O/c1-4-26(24(37)28-17-20-6-7-23(27-16-20)36-11-5-10-29-36)8-12-35(13-9-26)25-30-18(2)14-21(32-25)31-22-15-19(3)33-34-22/h5-7,10-11,14-16H,4,8-9,12-13,17H2,1-3H3,(H,28,37)(H2,30,31,32,33,34). The molecule has 1 saturated heterocycles. The third-order valence-corrected chi connectivity index (χ3v) is 6.97. The van der Waals surface area contributed by atoms with Gasteiger partial charge in [-0.3, -0.25) is 9.89 Å². The molecule has 37 heavy (non-hydrogen) atoms. The lowest BCUT2D eigenvalue weighted by molar-refractivity contribution is -0.132. The number of aromatic nitrogens is 7. The van der Waals surface area contributed by atoms with Crippen LogP contribution in [-0.4, -0.2) is 53.9 Å². The summed E-state index contributed by atoms with van der Waals surface area (Å²) in [6, 6.07) is 9.55. The van der Waals surface area contributed by atoms with E-state index in [9.17, 15) is 4.79 Å². The smallest absolute Gasteiger partial charge is 0.227 e. The van der Waals surface area contributed by atoms with Gasteiger partial charge in [0.2, 0.25) is 11.9 Å². The SMILES string of the molecule is CCC1(C(=O)NCc2ccc(-n3cccn3)nc2)CCN(c2nc(C)cc(Nc3cc(C)[nH]n3)n2)CC1. The zero-order chi connectivity index (χ0) is 25.8. The molecule has 0 radical (unpaired) electrons. The Bertz CT molecular complexity index is 1340. The number of pyridine rings is 1. The van der Waals surface area contributed by atoms with Gasteiger partial charge >= 0.3 is 0 Å². The predicted octanol–water partition coefficient (Wildman–Crippen LogP) is 3.45. The molecule has 1 fully saturated rings. The minimum Gasteiger partial charge on any atom is -0.351 e. The van der Waals surface area contributed by atoms with E-state index in [1.54, 1.807) is 17.1 Å². The Kier molecular flexibility index (Phi) is 6.85. The van der Waals surface area contributed by atoms with Crippen molar-refractivity contribution < 1.29 is 4.79 Å². The first-order chi connectivity index (χ1) is 17.9. The van der Waals surface area contributed by atoms with Crippen molar-refractivity contribution in [1.29, 1.82) is 0 Å². The minimum absolute atomic E-state index is 0.0900. The van der Waals surface area contributed by atoms with Gasteiger partial charge in [0.1, 0.15) is 5.82 Å². The van der Waals surface area contributed by atoms with Crippen LogP contribution < -0.4 is 15.5 Å². The number of nitrogens with one attached hydrogen (secondary N) is 3. The molecule has 192 valence electrons. The summed E-state index contributed by atoms with van der Waals surface area (Å²) in [6.45, 7) is 7.87. The number of H-pyrrole nitrogens is 1. The highest BCUT2D eigenvalue weighted by Gasteiger charge is 2.40. The maximum atomic E-state index is 13.3. The van der Waals surface area contributed by atoms with Crippen LogP contribution in [0.2, 0.25) is 0 Å². The molecule has 1 aliphatic rings. The van der Waals surface area contributed by atoms with Gasteiger partial charge < -0.3 is 15.5 Å². The monoisotopic (exact) mass is 500 g/mol. The van der Waals surface area contributed by atoms with E-state index in [4.69, 9.17) is 4.98 Å². The van der Waals surface area contributed by atoms with Crippen LogP contribution in [0, 0.1) is 19.3 Å². The number of aromatic amines is 1. The molecule has 11 nitrogen and oxygen atoms in total. The first-order valence-electron chi connectivity index (χ1n) is 12.6. The van der Waals surface area contributed by atoms with Crippen LogP contribution in [0.5, 0.6) is 0 Å². The Hall–Kier alpha value is -4.28. The normalized spacial score (nSPS) is 14.9. The topological polar surface area (TPSA) is 130 Å². The summed E-state index contributed by atoms with van der Waals surface area (Å²) in [5, 5.41) is 17.7. The summed E-state index contributed by atoms with van der Waals surface area (Å²) >= 11 is 0. The first kappa shape index (κ1) is 24.4. The molecule has 4 aromatic rings. The van der Waals surface area contributed by atoms with Crippen molar-refractivity contribution in [3.05, 3.63) is 65.9 Å². The molecule has 0 aliphatic carbocycles. The predicted molar refractivity (Wildman–Crippen MR) is 141 cm³/mol. The molecule has 11 heteroatoms. The van der Waals surface area contributed by atoms with Crippen LogP contribution in [0.3, 0.4) is 0 Å². The van der Waals surface area contributed by atoms with Gasteiger partial charge in [-0.1, -0.05) is 13.0 Å². The molecule has 5 rings (SSSR count). The van der Waals surface area contributed by atoms with Gasteiger partial charge in [0.25, 0.3) is 0 Å². The number of aryl methyl sites for hydroxylation is 2. The summed E-state index contributed by atoms with van der Waals surface area (Å²) < 4.78 is 1.71. The van der Waals surface area contributed by atoms with E-state index in [1.165, 1.54) is 0 Å². The third kappa shape index (κ3) is 5.45. The molecule has 3 N–H and O–H groups in total. The number of nitrogens with zero attached hydrogens (tertiary/aromatic N) is 7. The van der Waals surface area contributed by atoms with E-state index >= 15 is 0 Å². The number of hydrogen-bond acceptors (Lipinski definition) is 8. The second kappa shape index (κ2) is 10.4. The molecule has 0 atom stereocenters. The van der Waals surface area contributed by atoms with Crippen molar-refractivity contribution in [2.75, 3.05) is 23.3 Å². The van der Waals surface area contributed by atoms with Gasteiger partial charge in [0, 0.05) is 61.7 Å². The lowest BCUT2D eigenvalue weighted by Crippen LogP contribution is -2.49. The fraction of sp³-hybridized carbons (Fsp3) is 0.385. The molecule has 0 saturated carbocycles. The molecule has 1 amide bonds. The van der Waals surface area contributed by atoms with Crippen molar-refractivity contribution in [3.63, 3.8) is 0 Å². The molecule has 0 spiro atoms. The summed E-state index contributed by atoms with van der Waals surface area (Å²) in [5.74, 6) is 2.92. The number of amides is 1. The number of anilines is 3. The molecular formula is C26H32N10O. The quantitative estimate of drug-likeness (QED) is 0.335. The van der Waals surface area contributed by atoms with E-state index in [0.717, 1.165) is 42.0 Å².